The lowest BCUT2D eigenvalue weighted by molar-refractivity contribution is -0.140. The maximum atomic E-state index is 13.1. The number of Topliss-reactive ketones (excluding diaryl/α,β-unsaturated/α-hetero) is 1. The van der Waals surface area contributed by atoms with E-state index in [0.717, 1.165) is 0 Å². The number of hydrogen-bond acceptors (Lipinski definition) is 6. The van der Waals surface area contributed by atoms with Crippen molar-refractivity contribution in [3.8, 4) is 11.5 Å². The molecule has 1 atom stereocenters. The van der Waals surface area contributed by atoms with Gasteiger partial charge in [0.1, 0.15) is 17.3 Å². The average molecular weight is 459 g/mol. The smallest absolute Gasteiger partial charge is 0.295 e. The van der Waals surface area contributed by atoms with Gasteiger partial charge in [-0.15, -0.1) is 0 Å². The highest BCUT2D eigenvalue weighted by Crippen LogP contribution is 2.43. The van der Waals surface area contributed by atoms with Crippen molar-refractivity contribution in [1.82, 2.24) is 9.80 Å². The van der Waals surface area contributed by atoms with Crippen LogP contribution in [-0.4, -0.2) is 67.5 Å². The van der Waals surface area contributed by atoms with Crippen LogP contribution in [0.1, 0.15) is 24.1 Å². The molecule has 0 aromatic heterocycles. The number of amides is 1. The number of benzene rings is 2. The van der Waals surface area contributed by atoms with Crippen LogP contribution in [0.4, 0.5) is 0 Å². The van der Waals surface area contributed by atoms with Gasteiger partial charge in [0.2, 0.25) is 0 Å². The Hall–Kier alpha value is -3.03. The third-order valence-corrected chi connectivity index (χ3v) is 5.56. The normalized spacial score (nSPS) is 17.8. The number of nitrogens with zero attached hydrogens (tertiary/aromatic N) is 2. The first-order valence-electron chi connectivity index (χ1n) is 10.3. The second kappa shape index (κ2) is 10.1. The Morgan fingerprint density at radius 2 is 1.88 bits per heavy atom. The van der Waals surface area contributed by atoms with Gasteiger partial charge in [-0.3, -0.25) is 9.59 Å². The lowest BCUT2D eigenvalue weighted by Gasteiger charge is -2.27. The van der Waals surface area contributed by atoms with Gasteiger partial charge < -0.3 is 24.4 Å². The number of ether oxygens (including phenoxy) is 2. The molecule has 0 radical (unpaired) electrons. The van der Waals surface area contributed by atoms with Crippen LogP contribution < -0.4 is 9.47 Å². The highest BCUT2D eigenvalue weighted by molar-refractivity contribution is 6.46. The molecule has 1 heterocycles. The van der Waals surface area contributed by atoms with E-state index >= 15 is 0 Å². The summed E-state index contributed by atoms with van der Waals surface area (Å²) in [7, 11) is 5.30. The third-order valence-electron chi connectivity index (χ3n) is 5.27. The molecule has 3 rings (SSSR count). The van der Waals surface area contributed by atoms with Crippen LogP contribution in [0.2, 0.25) is 5.02 Å². The topological polar surface area (TPSA) is 79.3 Å². The molecule has 1 aliphatic rings. The Labute approximate surface area is 192 Å². The van der Waals surface area contributed by atoms with Gasteiger partial charge in [-0.2, -0.15) is 0 Å². The lowest BCUT2D eigenvalue weighted by Crippen LogP contribution is -2.35. The first kappa shape index (κ1) is 23.6. The summed E-state index contributed by atoms with van der Waals surface area (Å²) in [6, 6.07) is 11.1. The Bertz CT molecular complexity index is 1050. The largest absolute Gasteiger partial charge is 0.507 e. The molecule has 0 saturated carbocycles. The maximum Gasteiger partial charge on any atom is 0.295 e. The number of aliphatic hydroxyl groups is 1. The maximum absolute atomic E-state index is 13.1. The zero-order valence-corrected chi connectivity index (χ0v) is 19.3. The summed E-state index contributed by atoms with van der Waals surface area (Å²) < 4.78 is 10.9. The molecule has 1 N–H and O–H groups in total. The minimum atomic E-state index is -0.795. The summed E-state index contributed by atoms with van der Waals surface area (Å²) in [5, 5.41) is 11.5. The monoisotopic (exact) mass is 458 g/mol. The number of halogens is 1. The van der Waals surface area contributed by atoms with Crippen LogP contribution in [0.3, 0.4) is 0 Å². The highest BCUT2D eigenvalue weighted by atomic mass is 35.5. The van der Waals surface area contributed by atoms with Crippen molar-refractivity contribution in [2.45, 2.75) is 13.0 Å². The Morgan fingerprint density at radius 3 is 2.50 bits per heavy atom. The van der Waals surface area contributed by atoms with Crippen molar-refractivity contribution in [1.29, 1.82) is 0 Å². The number of aliphatic hydroxyl groups excluding tert-OH is 1. The molecule has 1 saturated heterocycles. The molecule has 7 nitrogen and oxygen atoms in total. The van der Waals surface area contributed by atoms with Crippen LogP contribution in [0, 0.1) is 0 Å². The Balaban J connectivity index is 2.17. The second-order valence-electron chi connectivity index (χ2n) is 7.62. The summed E-state index contributed by atoms with van der Waals surface area (Å²) in [5.74, 6) is -0.719. The number of hydrogen-bond donors (Lipinski definition) is 1. The zero-order chi connectivity index (χ0) is 23.4. The number of likely N-dealkylation sites (tertiary alicyclic amines) is 1. The summed E-state index contributed by atoms with van der Waals surface area (Å²) in [4.78, 5) is 29.5. The molecule has 0 bridgehead atoms. The first-order valence-corrected chi connectivity index (χ1v) is 10.7. The van der Waals surface area contributed by atoms with Crippen molar-refractivity contribution < 1.29 is 24.2 Å². The van der Waals surface area contributed by atoms with E-state index in [1.165, 1.54) is 18.1 Å². The van der Waals surface area contributed by atoms with E-state index < -0.39 is 17.7 Å². The van der Waals surface area contributed by atoms with Gasteiger partial charge >= 0.3 is 0 Å². The van der Waals surface area contributed by atoms with Crippen LogP contribution in [0.25, 0.3) is 5.76 Å². The predicted octanol–water partition coefficient (Wildman–Crippen LogP) is 3.73. The lowest BCUT2D eigenvalue weighted by atomic mass is 9.94. The van der Waals surface area contributed by atoms with Crippen LogP contribution in [0.5, 0.6) is 11.5 Å². The Morgan fingerprint density at radius 1 is 1.16 bits per heavy atom. The van der Waals surface area contributed by atoms with Gasteiger partial charge in [0.25, 0.3) is 11.7 Å². The number of carbonyl (C=O) groups is 2. The van der Waals surface area contributed by atoms with Gasteiger partial charge in [-0.1, -0.05) is 29.8 Å². The summed E-state index contributed by atoms with van der Waals surface area (Å²) in [6.07, 6.45) is 0. The van der Waals surface area contributed by atoms with Crippen molar-refractivity contribution in [3.05, 3.63) is 64.2 Å². The number of likely N-dealkylation sites (N-methyl/N-ethyl adjacent to an activating group) is 1. The molecular weight excluding hydrogens is 432 g/mol. The van der Waals surface area contributed by atoms with E-state index in [1.807, 2.05) is 25.9 Å². The fourth-order valence-electron chi connectivity index (χ4n) is 3.71. The molecule has 0 aliphatic carbocycles. The van der Waals surface area contributed by atoms with Crippen molar-refractivity contribution in [2.24, 2.45) is 0 Å². The molecule has 32 heavy (non-hydrogen) atoms. The summed E-state index contributed by atoms with van der Waals surface area (Å²) in [5.41, 5.74) is 0.939. The molecule has 170 valence electrons. The van der Waals surface area contributed by atoms with E-state index in [-0.39, 0.29) is 11.3 Å². The molecule has 0 spiro atoms. The molecule has 2 aromatic carbocycles. The van der Waals surface area contributed by atoms with E-state index in [4.69, 9.17) is 21.1 Å². The second-order valence-corrected chi connectivity index (χ2v) is 8.02. The van der Waals surface area contributed by atoms with Gasteiger partial charge in [-0.25, -0.2) is 0 Å². The molecule has 1 aliphatic heterocycles. The zero-order valence-electron chi connectivity index (χ0n) is 18.6. The predicted molar refractivity (Wildman–Crippen MR) is 123 cm³/mol. The van der Waals surface area contributed by atoms with Crippen LogP contribution in [0.15, 0.2) is 48.0 Å². The quantitative estimate of drug-likeness (QED) is 0.369. The fourth-order valence-corrected chi connectivity index (χ4v) is 3.95. The highest BCUT2D eigenvalue weighted by Gasteiger charge is 2.46. The minimum Gasteiger partial charge on any atom is -0.507 e. The van der Waals surface area contributed by atoms with Gasteiger partial charge in [0, 0.05) is 24.2 Å². The number of carbonyl (C=O) groups excluding carboxylic acids is 2. The van der Waals surface area contributed by atoms with Gasteiger partial charge in [-0.05, 0) is 45.3 Å². The van der Waals surface area contributed by atoms with E-state index in [9.17, 15) is 14.7 Å². The summed E-state index contributed by atoms with van der Waals surface area (Å²) in [6.45, 7) is 3.14. The standard InChI is InChI=1S/C24H27ClN2O5/c1-5-32-19-11-10-15(14-17(19)25)22(28)20-21(16-8-6-7-9-18(16)31-4)27(13-12-26(2)3)24(30)23(20)29/h6-11,14,21,28H,5,12-13H2,1-4H3/b22-20-. The van der Waals surface area contributed by atoms with Crippen molar-refractivity contribution in [2.75, 3.05) is 40.9 Å². The van der Waals surface area contributed by atoms with Crippen molar-refractivity contribution >= 4 is 29.1 Å². The molecular formula is C24H27ClN2O5. The van der Waals surface area contributed by atoms with E-state index in [1.54, 1.807) is 36.4 Å². The molecule has 1 unspecified atom stereocenters. The minimum absolute atomic E-state index is 0.00140. The molecule has 1 amide bonds. The van der Waals surface area contributed by atoms with Crippen LogP contribution >= 0.6 is 11.6 Å². The van der Waals surface area contributed by atoms with E-state index in [2.05, 4.69) is 0 Å². The number of ketones is 1. The third kappa shape index (κ3) is 4.59. The number of rotatable bonds is 8. The molecule has 2 aromatic rings. The van der Waals surface area contributed by atoms with Gasteiger partial charge in [0.05, 0.1) is 30.4 Å². The Kier molecular flexibility index (Phi) is 7.43. The number of para-hydroxylation sites is 1. The molecule has 1 fully saturated rings. The van der Waals surface area contributed by atoms with Crippen molar-refractivity contribution in [3.63, 3.8) is 0 Å². The first-order chi connectivity index (χ1) is 15.3. The van der Waals surface area contributed by atoms with E-state index in [0.29, 0.717) is 47.3 Å². The van der Waals surface area contributed by atoms with Gasteiger partial charge in [0.15, 0.2) is 0 Å². The average Bonchev–Trinajstić information content (AvgIpc) is 3.03. The molecule has 8 heteroatoms. The fraction of sp³-hybridized carbons (Fsp3) is 0.333. The summed E-state index contributed by atoms with van der Waals surface area (Å²) >= 11 is 6.29. The number of methoxy groups -OCH3 is 1. The van der Waals surface area contributed by atoms with Crippen LogP contribution in [-0.2, 0) is 9.59 Å². The SMILES string of the molecule is CCOc1ccc(/C(O)=C2/C(=O)C(=O)N(CCN(C)C)C2c2ccccc2OC)cc1Cl.